The minimum Gasteiger partial charge on any atom is -0.298 e. The van der Waals surface area contributed by atoms with Crippen molar-refractivity contribution < 1.29 is 4.79 Å². The van der Waals surface area contributed by atoms with Crippen molar-refractivity contribution in [2.24, 2.45) is 0 Å². The van der Waals surface area contributed by atoms with Gasteiger partial charge in [0.05, 0.1) is 19.6 Å². The Morgan fingerprint density at radius 2 is 1.67 bits per heavy atom. The van der Waals surface area contributed by atoms with Crippen molar-refractivity contribution >= 4 is 5.78 Å². The van der Waals surface area contributed by atoms with Crippen molar-refractivity contribution in [2.45, 2.75) is 19.3 Å². The Hall–Kier alpha value is -0.850. The lowest BCUT2D eigenvalue weighted by atomic mass is 10.4. The van der Waals surface area contributed by atoms with Crippen LogP contribution in [-0.2, 0) is 4.79 Å². The zero-order chi connectivity index (χ0) is 10.5. The van der Waals surface area contributed by atoms with Crippen molar-refractivity contribution in [3.05, 3.63) is 0 Å². The molecule has 0 amide bonds. The summed E-state index contributed by atoms with van der Waals surface area (Å²) in [6.45, 7) is 5.59. The average molecular weight is 206 g/mol. The van der Waals surface area contributed by atoms with E-state index in [-0.39, 0.29) is 0 Å². The van der Waals surface area contributed by atoms with Crippen LogP contribution in [0.5, 0.6) is 0 Å². The highest BCUT2D eigenvalue weighted by Crippen LogP contribution is 2.05. The summed E-state index contributed by atoms with van der Waals surface area (Å²) in [6.07, 6.45) is 3.36. The molecule has 0 aliphatic carbocycles. The summed E-state index contributed by atoms with van der Waals surface area (Å²) >= 11 is 0. The molecule has 0 saturated carbocycles. The fraction of sp³-hybridized carbons (Fsp3) is 0.750. The largest absolute Gasteiger partial charge is 0.298 e. The van der Waals surface area contributed by atoms with E-state index < -0.39 is 0 Å². The standard InChI is InChI=1S/C12H18N2O/c15-12-5-10-14(11-12)9-4-3-8-13-6-1-2-7-13/h1-2,5-11H2. The van der Waals surface area contributed by atoms with E-state index in [0.29, 0.717) is 18.7 Å². The number of hydrogen-bond acceptors (Lipinski definition) is 3. The third-order valence-electron chi connectivity index (χ3n) is 3.04. The zero-order valence-corrected chi connectivity index (χ0v) is 9.17. The molecule has 2 aliphatic rings. The molecule has 2 heterocycles. The monoisotopic (exact) mass is 206 g/mol. The molecule has 2 fully saturated rings. The molecule has 3 heteroatoms. The van der Waals surface area contributed by atoms with Gasteiger partial charge in [0.25, 0.3) is 0 Å². The number of nitrogens with zero attached hydrogens (tertiary/aromatic N) is 2. The Bertz CT molecular complexity index is 284. The maximum absolute atomic E-state index is 11.0. The number of carbonyl (C=O) groups excluding carboxylic acids is 1. The van der Waals surface area contributed by atoms with Crippen LogP contribution in [0.2, 0.25) is 0 Å². The molecular formula is C12H18N2O. The topological polar surface area (TPSA) is 23.6 Å². The van der Waals surface area contributed by atoms with Crippen LogP contribution in [0.4, 0.5) is 0 Å². The van der Waals surface area contributed by atoms with Gasteiger partial charge in [-0.15, -0.1) is 0 Å². The van der Waals surface area contributed by atoms with E-state index >= 15 is 0 Å². The molecule has 0 N–H and O–H groups in total. The van der Waals surface area contributed by atoms with Crippen LogP contribution in [0.1, 0.15) is 19.3 Å². The number of likely N-dealkylation sites (tertiary alicyclic amines) is 2. The van der Waals surface area contributed by atoms with Gasteiger partial charge in [0, 0.05) is 13.0 Å². The Kier molecular flexibility index (Phi) is 3.76. The summed E-state index contributed by atoms with van der Waals surface area (Å²) in [5, 5.41) is 0. The third kappa shape index (κ3) is 3.33. The molecule has 0 unspecified atom stereocenters. The lowest BCUT2D eigenvalue weighted by molar-refractivity contribution is -0.116. The summed E-state index contributed by atoms with van der Waals surface area (Å²) < 4.78 is 0. The van der Waals surface area contributed by atoms with E-state index in [1.807, 2.05) is 0 Å². The molecule has 0 spiro atoms. The molecule has 0 aromatic heterocycles. The predicted octanol–water partition coefficient (Wildman–Crippen LogP) is 0.360. The van der Waals surface area contributed by atoms with E-state index in [4.69, 9.17) is 0 Å². The van der Waals surface area contributed by atoms with Gasteiger partial charge in [-0.25, -0.2) is 0 Å². The first-order valence-corrected chi connectivity index (χ1v) is 5.77. The summed E-state index contributed by atoms with van der Waals surface area (Å²) in [6, 6.07) is 0. The molecule has 2 aliphatic heterocycles. The highest BCUT2D eigenvalue weighted by atomic mass is 16.1. The molecule has 3 nitrogen and oxygen atoms in total. The molecule has 0 aromatic rings. The Morgan fingerprint density at radius 3 is 2.27 bits per heavy atom. The number of carbonyl (C=O) groups is 1. The van der Waals surface area contributed by atoms with E-state index in [2.05, 4.69) is 21.6 Å². The first-order chi connectivity index (χ1) is 7.34. The molecule has 15 heavy (non-hydrogen) atoms. The quantitative estimate of drug-likeness (QED) is 0.610. The minimum atomic E-state index is 0.358. The van der Waals surface area contributed by atoms with Crippen LogP contribution in [0.3, 0.4) is 0 Å². The molecule has 0 aromatic carbocycles. The summed E-state index contributed by atoms with van der Waals surface area (Å²) in [7, 11) is 0. The van der Waals surface area contributed by atoms with E-state index in [1.54, 1.807) is 0 Å². The Labute approximate surface area is 91.4 Å². The van der Waals surface area contributed by atoms with Crippen LogP contribution in [0.15, 0.2) is 0 Å². The van der Waals surface area contributed by atoms with Gasteiger partial charge in [-0.2, -0.15) is 0 Å². The van der Waals surface area contributed by atoms with Crippen LogP contribution < -0.4 is 0 Å². The van der Waals surface area contributed by atoms with Gasteiger partial charge < -0.3 is 0 Å². The van der Waals surface area contributed by atoms with Gasteiger partial charge in [0.15, 0.2) is 0 Å². The van der Waals surface area contributed by atoms with Crippen LogP contribution in [0, 0.1) is 11.8 Å². The number of hydrogen-bond donors (Lipinski definition) is 0. The van der Waals surface area contributed by atoms with Gasteiger partial charge in [-0.05, 0) is 25.9 Å². The summed E-state index contributed by atoms with van der Waals surface area (Å²) in [4.78, 5) is 15.5. The molecule has 0 bridgehead atoms. The molecule has 0 radical (unpaired) electrons. The highest BCUT2D eigenvalue weighted by molar-refractivity contribution is 5.82. The SMILES string of the molecule is O=C1CCN(CC#CCN2CCCC2)C1. The van der Waals surface area contributed by atoms with E-state index in [0.717, 1.165) is 19.6 Å². The fourth-order valence-corrected chi connectivity index (χ4v) is 2.10. The third-order valence-corrected chi connectivity index (χ3v) is 3.04. The first-order valence-electron chi connectivity index (χ1n) is 5.77. The van der Waals surface area contributed by atoms with Crippen molar-refractivity contribution in [2.75, 3.05) is 39.3 Å². The zero-order valence-electron chi connectivity index (χ0n) is 9.17. The van der Waals surface area contributed by atoms with Gasteiger partial charge in [0.1, 0.15) is 5.78 Å². The van der Waals surface area contributed by atoms with Crippen molar-refractivity contribution in [1.82, 2.24) is 9.80 Å². The highest BCUT2D eigenvalue weighted by Gasteiger charge is 2.17. The lowest BCUT2D eigenvalue weighted by Crippen LogP contribution is -2.22. The molecule has 0 atom stereocenters. The van der Waals surface area contributed by atoms with Crippen molar-refractivity contribution in [1.29, 1.82) is 0 Å². The summed E-state index contributed by atoms with van der Waals surface area (Å²) in [5.74, 6) is 6.71. The molecule has 82 valence electrons. The van der Waals surface area contributed by atoms with Gasteiger partial charge in [-0.3, -0.25) is 14.6 Å². The maximum atomic E-state index is 11.0. The lowest BCUT2D eigenvalue weighted by Gasteiger charge is -2.10. The van der Waals surface area contributed by atoms with Crippen LogP contribution >= 0.6 is 0 Å². The normalized spacial score (nSPS) is 23.1. The van der Waals surface area contributed by atoms with Gasteiger partial charge in [0.2, 0.25) is 0 Å². The second kappa shape index (κ2) is 5.29. The van der Waals surface area contributed by atoms with Crippen molar-refractivity contribution in [3.8, 4) is 11.8 Å². The maximum Gasteiger partial charge on any atom is 0.148 e. The average Bonchev–Trinajstić information content (AvgIpc) is 2.84. The second-order valence-corrected chi connectivity index (χ2v) is 4.34. The molecule has 2 rings (SSSR count). The van der Waals surface area contributed by atoms with E-state index in [9.17, 15) is 4.79 Å². The van der Waals surface area contributed by atoms with E-state index in [1.165, 1.54) is 25.9 Å². The van der Waals surface area contributed by atoms with Gasteiger partial charge in [-0.1, -0.05) is 11.8 Å². The minimum absolute atomic E-state index is 0.358. The number of ketones is 1. The van der Waals surface area contributed by atoms with Gasteiger partial charge >= 0.3 is 0 Å². The Morgan fingerprint density at radius 1 is 1.00 bits per heavy atom. The molecular weight excluding hydrogens is 188 g/mol. The smallest absolute Gasteiger partial charge is 0.148 e. The van der Waals surface area contributed by atoms with Crippen LogP contribution in [0.25, 0.3) is 0 Å². The fourth-order valence-electron chi connectivity index (χ4n) is 2.10. The number of rotatable bonds is 2. The number of Topliss-reactive ketones (excluding diaryl/α,β-unsaturated/α-hetero) is 1. The Balaban J connectivity index is 1.64. The second-order valence-electron chi connectivity index (χ2n) is 4.34. The van der Waals surface area contributed by atoms with Crippen molar-refractivity contribution in [3.63, 3.8) is 0 Å². The first kappa shape index (κ1) is 10.7. The summed E-state index contributed by atoms with van der Waals surface area (Å²) in [5.41, 5.74) is 0. The van der Waals surface area contributed by atoms with Crippen LogP contribution in [-0.4, -0.2) is 54.9 Å². The molecule has 2 saturated heterocycles. The predicted molar refractivity (Wildman–Crippen MR) is 59.5 cm³/mol.